The lowest BCUT2D eigenvalue weighted by Crippen LogP contribution is -2.50. The van der Waals surface area contributed by atoms with Crippen LogP contribution in [-0.4, -0.2) is 42.0 Å². The average molecular weight is 283 g/mol. The predicted octanol–water partition coefficient (Wildman–Crippen LogP) is 2.33. The number of hydrogen-bond acceptors (Lipinski definition) is 3. The molecule has 0 aromatic heterocycles. The molecule has 1 atom stereocenters. The minimum absolute atomic E-state index is 0.00135. The molecule has 112 valence electrons. The highest BCUT2D eigenvalue weighted by Gasteiger charge is 2.37. The van der Waals surface area contributed by atoms with Crippen LogP contribution in [-0.2, 0) is 9.53 Å². The molecule has 1 aliphatic carbocycles. The van der Waals surface area contributed by atoms with Gasteiger partial charge in [-0.1, -0.05) is 0 Å². The maximum atomic E-state index is 11.8. The van der Waals surface area contributed by atoms with Crippen molar-refractivity contribution in [1.82, 2.24) is 5.32 Å². The Kier molecular flexibility index (Phi) is 5.61. The van der Waals surface area contributed by atoms with Crippen LogP contribution >= 0.6 is 0 Å². The van der Waals surface area contributed by atoms with Gasteiger partial charge in [0, 0.05) is 12.6 Å². The number of ether oxygens (including phenoxy) is 1. The predicted molar refractivity (Wildman–Crippen MR) is 62.9 cm³/mol. The largest absolute Gasteiger partial charge is 0.480 e. The van der Waals surface area contributed by atoms with Gasteiger partial charge in [-0.05, 0) is 39.0 Å². The number of carboxylic acids is 1. The van der Waals surface area contributed by atoms with Crippen LogP contribution < -0.4 is 5.32 Å². The summed E-state index contributed by atoms with van der Waals surface area (Å²) >= 11 is 0. The SMILES string of the molecule is CC(CCCCOCC(F)(F)F)(NC1CC1)C(=O)O. The first-order valence-electron chi connectivity index (χ1n) is 6.38. The summed E-state index contributed by atoms with van der Waals surface area (Å²) < 4.78 is 39.9. The molecule has 4 nitrogen and oxygen atoms in total. The fourth-order valence-electron chi connectivity index (χ4n) is 1.79. The minimum Gasteiger partial charge on any atom is -0.480 e. The Bertz CT molecular complexity index is 305. The normalized spacial score (nSPS) is 19.2. The van der Waals surface area contributed by atoms with E-state index in [9.17, 15) is 23.1 Å². The topological polar surface area (TPSA) is 58.6 Å². The Morgan fingerprint density at radius 3 is 2.47 bits per heavy atom. The zero-order chi connectivity index (χ0) is 14.5. The summed E-state index contributed by atoms with van der Waals surface area (Å²) in [5, 5.41) is 12.2. The van der Waals surface area contributed by atoms with E-state index in [4.69, 9.17) is 0 Å². The van der Waals surface area contributed by atoms with Crippen LogP contribution in [0.1, 0.15) is 39.0 Å². The third kappa shape index (κ3) is 6.77. The first-order chi connectivity index (χ1) is 8.73. The van der Waals surface area contributed by atoms with Crippen molar-refractivity contribution in [3.05, 3.63) is 0 Å². The molecule has 1 aliphatic rings. The lowest BCUT2D eigenvalue weighted by Gasteiger charge is -2.26. The summed E-state index contributed by atoms with van der Waals surface area (Å²) in [4.78, 5) is 11.2. The van der Waals surface area contributed by atoms with Gasteiger partial charge in [-0.25, -0.2) is 0 Å². The van der Waals surface area contributed by atoms with E-state index >= 15 is 0 Å². The zero-order valence-electron chi connectivity index (χ0n) is 10.9. The summed E-state index contributed by atoms with van der Waals surface area (Å²) in [5.74, 6) is -0.921. The smallest absolute Gasteiger partial charge is 0.411 e. The van der Waals surface area contributed by atoms with Gasteiger partial charge in [-0.15, -0.1) is 0 Å². The van der Waals surface area contributed by atoms with Gasteiger partial charge in [0.25, 0.3) is 0 Å². The van der Waals surface area contributed by atoms with E-state index in [0.29, 0.717) is 19.3 Å². The molecule has 0 saturated heterocycles. The van der Waals surface area contributed by atoms with Crippen LogP contribution in [0.25, 0.3) is 0 Å². The minimum atomic E-state index is -4.30. The first-order valence-corrected chi connectivity index (χ1v) is 6.38. The molecule has 0 spiro atoms. The van der Waals surface area contributed by atoms with E-state index in [-0.39, 0.29) is 12.6 Å². The van der Waals surface area contributed by atoms with Crippen molar-refractivity contribution in [2.75, 3.05) is 13.2 Å². The Labute approximate surface area is 110 Å². The fraction of sp³-hybridized carbons (Fsp3) is 0.917. The van der Waals surface area contributed by atoms with Gasteiger partial charge in [-0.2, -0.15) is 13.2 Å². The van der Waals surface area contributed by atoms with Crippen molar-refractivity contribution in [2.45, 2.75) is 56.8 Å². The molecule has 0 aromatic carbocycles. The number of halogens is 3. The number of carboxylic acid groups (broad SMARTS) is 1. The molecule has 0 radical (unpaired) electrons. The van der Waals surface area contributed by atoms with E-state index < -0.39 is 24.3 Å². The maximum Gasteiger partial charge on any atom is 0.411 e. The number of nitrogens with one attached hydrogen (secondary N) is 1. The molecule has 1 fully saturated rings. The first kappa shape index (κ1) is 16.2. The summed E-state index contributed by atoms with van der Waals surface area (Å²) in [6.45, 7) is 0.367. The molecule has 0 amide bonds. The summed E-state index contributed by atoms with van der Waals surface area (Å²) in [5.41, 5.74) is -0.995. The van der Waals surface area contributed by atoms with Gasteiger partial charge < -0.3 is 9.84 Å². The molecule has 0 aromatic rings. The lowest BCUT2D eigenvalue weighted by molar-refractivity contribution is -0.174. The van der Waals surface area contributed by atoms with E-state index in [2.05, 4.69) is 10.1 Å². The second-order valence-electron chi connectivity index (χ2n) is 5.18. The Morgan fingerprint density at radius 2 is 2.00 bits per heavy atom. The van der Waals surface area contributed by atoms with Crippen LogP contribution in [0.3, 0.4) is 0 Å². The number of unbranched alkanes of at least 4 members (excludes halogenated alkanes) is 1. The van der Waals surface area contributed by atoms with Crippen LogP contribution in [0.15, 0.2) is 0 Å². The van der Waals surface area contributed by atoms with Crippen molar-refractivity contribution < 1.29 is 27.8 Å². The highest BCUT2D eigenvalue weighted by molar-refractivity contribution is 5.78. The maximum absolute atomic E-state index is 11.8. The number of rotatable bonds is 9. The summed E-state index contributed by atoms with van der Waals surface area (Å²) in [6.07, 6.45) is -1.02. The molecular weight excluding hydrogens is 263 g/mol. The molecule has 1 rings (SSSR count). The van der Waals surface area contributed by atoms with Crippen LogP contribution in [0, 0.1) is 0 Å². The van der Waals surface area contributed by atoms with Crippen molar-refractivity contribution >= 4 is 5.97 Å². The quantitative estimate of drug-likeness (QED) is 0.638. The van der Waals surface area contributed by atoms with Crippen LogP contribution in [0.2, 0.25) is 0 Å². The molecular formula is C12H20F3NO3. The molecule has 7 heteroatoms. The second kappa shape index (κ2) is 6.56. The Balaban J connectivity index is 2.16. The van der Waals surface area contributed by atoms with Gasteiger partial charge in [0.05, 0.1) is 0 Å². The highest BCUT2D eigenvalue weighted by Crippen LogP contribution is 2.25. The number of alkyl halides is 3. The molecule has 0 bridgehead atoms. The standard InChI is InChI=1S/C12H20F3NO3/c1-11(10(17)18,16-9-4-5-9)6-2-3-7-19-8-12(13,14)15/h9,16H,2-8H2,1H3,(H,17,18). The molecule has 19 heavy (non-hydrogen) atoms. The van der Waals surface area contributed by atoms with E-state index in [1.54, 1.807) is 6.92 Å². The molecule has 1 saturated carbocycles. The van der Waals surface area contributed by atoms with Gasteiger partial charge in [0.1, 0.15) is 12.1 Å². The Hall–Kier alpha value is -0.820. The third-order valence-electron chi connectivity index (χ3n) is 3.05. The number of aliphatic carboxylic acids is 1. The van der Waals surface area contributed by atoms with Crippen molar-refractivity contribution in [3.8, 4) is 0 Å². The van der Waals surface area contributed by atoms with Gasteiger partial charge in [-0.3, -0.25) is 10.1 Å². The van der Waals surface area contributed by atoms with Crippen molar-refractivity contribution in [1.29, 1.82) is 0 Å². The van der Waals surface area contributed by atoms with Crippen molar-refractivity contribution in [2.24, 2.45) is 0 Å². The summed E-state index contributed by atoms with van der Waals surface area (Å²) in [7, 11) is 0. The van der Waals surface area contributed by atoms with Gasteiger partial charge >= 0.3 is 12.1 Å². The zero-order valence-corrected chi connectivity index (χ0v) is 10.9. The van der Waals surface area contributed by atoms with E-state index in [0.717, 1.165) is 12.8 Å². The summed E-state index contributed by atoms with van der Waals surface area (Å²) in [6, 6.07) is 0.266. The lowest BCUT2D eigenvalue weighted by atomic mass is 9.95. The van der Waals surface area contributed by atoms with Gasteiger partial charge in [0.15, 0.2) is 0 Å². The molecule has 1 unspecified atom stereocenters. The Morgan fingerprint density at radius 1 is 1.37 bits per heavy atom. The number of hydrogen-bond donors (Lipinski definition) is 2. The van der Waals surface area contributed by atoms with E-state index in [1.807, 2.05) is 0 Å². The molecule has 2 N–H and O–H groups in total. The number of carbonyl (C=O) groups is 1. The van der Waals surface area contributed by atoms with Crippen molar-refractivity contribution in [3.63, 3.8) is 0 Å². The third-order valence-corrected chi connectivity index (χ3v) is 3.05. The van der Waals surface area contributed by atoms with Crippen LogP contribution in [0.4, 0.5) is 13.2 Å². The monoisotopic (exact) mass is 283 g/mol. The fourth-order valence-corrected chi connectivity index (χ4v) is 1.79. The second-order valence-corrected chi connectivity index (χ2v) is 5.18. The highest BCUT2D eigenvalue weighted by atomic mass is 19.4. The molecule has 0 aliphatic heterocycles. The van der Waals surface area contributed by atoms with Gasteiger partial charge in [0.2, 0.25) is 0 Å². The van der Waals surface area contributed by atoms with Crippen LogP contribution in [0.5, 0.6) is 0 Å². The molecule has 0 heterocycles. The van der Waals surface area contributed by atoms with E-state index in [1.165, 1.54) is 0 Å². The average Bonchev–Trinajstić information content (AvgIpc) is 3.05.